The zero-order valence-corrected chi connectivity index (χ0v) is 10.2. The molecule has 0 N–H and O–H groups in total. The zero-order chi connectivity index (χ0) is 14.7. The Balaban J connectivity index is 0. The Kier molecular flexibility index (Phi) is 7.83. The quantitative estimate of drug-likeness (QED) is 0.440. The van der Waals surface area contributed by atoms with Crippen molar-refractivity contribution >= 4 is 46.4 Å². The fourth-order valence-corrected chi connectivity index (χ4v) is 0.371. The Morgan fingerprint density at radius 1 is 0.588 bits per heavy atom. The van der Waals surface area contributed by atoms with E-state index in [0.717, 1.165) is 0 Å². The monoisotopic (exact) mass is 354 g/mol. The summed E-state index contributed by atoms with van der Waals surface area (Å²) in [5, 5.41) is 0. The van der Waals surface area contributed by atoms with Crippen molar-refractivity contribution in [3.8, 4) is 0 Å². The molecule has 0 saturated carbocycles. The molecule has 0 atom stereocenters. The van der Waals surface area contributed by atoms with E-state index < -0.39 is 27.9 Å². The van der Waals surface area contributed by atoms with Crippen LogP contribution in [0.3, 0.4) is 0 Å². The van der Waals surface area contributed by atoms with E-state index in [0.29, 0.717) is 0 Å². The van der Waals surface area contributed by atoms with Crippen molar-refractivity contribution in [2.45, 2.75) is 27.9 Å². The van der Waals surface area contributed by atoms with Crippen molar-refractivity contribution < 1.29 is 35.1 Å². The Labute approximate surface area is 110 Å². The average molecular weight is 356 g/mol. The third-order valence-electron chi connectivity index (χ3n) is 0.899. The van der Waals surface area contributed by atoms with Crippen LogP contribution in [0.15, 0.2) is 0 Å². The lowest BCUT2D eigenvalue weighted by molar-refractivity contribution is -0.275. The maximum Gasteiger partial charge on any atom is 0.456 e. The molecular formula is C5H2Cl4F8. The molecule has 106 valence electrons. The van der Waals surface area contributed by atoms with Crippen molar-refractivity contribution in [3.63, 3.8) is 0 Å². The minimum Gasteiger partial charge on any atom is -0.193 e. The molecule has 0 rings (SSSR count). The molecule has 0 aromatic rings. The summed E-state index contributed by atoms with van der Waals surface area (Å²) in [6, 6.07) is 0. The maximum absolute atomic E-state index is 11.7. The predicted molar refractivity (Wildman–Crippen MR) is 48.0 cm³/mol. The van der Waals surface area contributed by atoms with Crippen LogP contribution < -0.4 is 0 Å². The summed E-state index contributed by atoms with van der Waals surface area (Å²) in [7, 11) is 0. The van der Waals surface area contributed by atoms with Crippen LogP contribution in [0.4, 0.5) is 35.1 Å². The maximum atomic E-state index is 11.7. The van der Waals surface area contributed by atoms with Gasteiger partial charge >= 0.3 is 18.3 Å². The van der Waals surface area contributed by atoms with Crippen LogP contribution in [0, 0.1) is 0 Å². The second-order valence-corrected chi connectivity index (χ2v) is 4.46. The molecule has 0 bridgehead atoms. The number of rotatable bonds is 1. The van der Waals surface area contributed by atoms with Gasteiger partial charge in [0.2, 0.25) is 4.84 Å². The highest BCUT2D eigenvalue weighted by atomic mass is 35.5. The van der Waals surface area contributed by atoms with Gasteiger partial charge < -0.3 is 0 Å². The van der Waals surface area contributed by atoms with Gasteiger partial charge in [0, 0.05) is 0 Å². The van der Waals surface area contributed by atoms with Gasteiger partial charge in [0.1, 0.15) is 0 Å². The van der Waals surface area contributed by atoms with E-state index in [1.165, 1.54) is 0 Å². The van der Waals surface area contributed by atoms with Crippen LogP contribution in [-0.4, -0.2) is 27.9 Å². The van der Waals surface area contributed by atoms with Crippen molar-refractivity contribution in [3.05, 3.63) is 0 Å². The normalized spacial score (nSPS) is 13.8. The van der Waals surface area contributed by atoms with E-state index in [-0.39, 0.29) is 0 Å². The summed E-state index contributed by atoms with van der Waals surface area (Å²) in [5.41, 5.74) is 0. The Morgan fingerprint density at radius 2 is 0.824 bits per heavy atom. The molecule has 0 spiro atoms. The van der Waals surface area contributed by atoms with Crippen LogP contribution in [0.5, 0.6) is 0 Å². The minimum atomic E-state index is -5.68. The Bertz CT molecular complexity index is 219. The largest absolute Gasteiger partial charge is 0.456 e. The number of alkyl halides is 12. The SMILES string of the molecule is FC(F)(F)C(Cl)Cl.FC(F)(F)C(F)(F)C(Cl)Cl. The fourth-order valence-electron chi connectivity index (χ4n) is 0.124. The van der Waals surface area contributed by atoms with E-state index in [1.54, 1.807) is 0 Å². The predicted octanol–water partition coefficient (Wildman–Crippen LogP) is 5.34. The van der Waals surface area contributed by atoms with E-state index in [2.05, 4.69) is 46.4 Å². The minimum absolute atomic E-state index is 2.26. The first-order valence-corrected chi connectivity index (χ1v) is 4.96. The van der Waals surface area contributed by atoms with Crippen LogP contribution in [-0.2, 0) is 0 Å². The highest BCUT2D eigenvalue weighted by Crippen LogP contribution is 2.41. The second-order valence-electron chi connectivity index (χ2n) is 2.26. The third kappa shape index (κ3) is 7.58. The summed E-state index contributed by atoms with van der Waals surface area (Å²) in [6.45, 7) is 0. The van der Waals surface area contributed by atoms with Gasteiger partial charge in [-0.2, -0.15) is 35.1 Å². The lowest BCUT2D eigenvalue weighted by Crippen LogP contribution is -2.41. The number of halogens is 12. The van der Waals surface area contributed by atoms with Gasteiger partial charge in [-0.15, -0.1) is 0 Å². The van der Waals surface area contributed by atoms with Gasteiger partial charge in [-0.3, -0.25) is 0 Å². The van der Waals surface area contributed by atoms with Gasteiger partial charge in [0.15, 0.2) is 4.84 Å². The molecule has 0 unspecified atom stereocenters. The fraction of sp³-hybridized carbons (Fsp3) is 1.00. The first-order chi connectivity index (χ1) is 7.14. The van der Waals surface area contributed by atoms with Crippen LogP contribution in [0.25, 0.3) is 0 Å². The topological polar surface area (TPSA) is 0 Å². The Morgan fingerprint density at radius 3 is 0.824 bits per heavy atom. The molecule has 0 aliphatic heterocycles. The zero-order valence-electron chi connectivity index (χ0n) is 7.19. The molecule has 0 radical (unpaired) electrons. The summed E-state index contributed by atoms with van der Waals surface area (Å²) < 4.78 is 89.6. The molecule has 12 heteroatoms. The molecule has 17 heavy (non-hydrogen) atoms. The van der Waals surface area contributed by atoms with Crippen molar-refractivity contribution in [1.29, 1.82) is 0 Å². The molecule has 0 aliphatic rings. The highest BCUT2D eigenvalue weighted by Gasteiger charge is 2.61. The van der Waals surface area contributed by atoms with Crippen LogP contribution >= 0.6 is 46.4 Å². The molecule has 0 aromatic heterocycles. The van der Waals surface area contributed by atoms with Gasteiger partial charge in [-0.25, -0.2) is 0 Å². The van der Waals surface area contributed by atoms with Crippen molar-refractivity contribution in [2.24, 2.45) is 0 Å². The second kappa shape index (κ2) is 6.68. The molecule has 0 aromatic carbocycles. The van der Waals surface area contributed by atoms with E-state index in [4.69, 9.17) is 0 Å². The van der Waals surface area contributed by atoms with E-state index in [1.807, 2.05) is 0 Å². The average Bonchev–Trinajstić information content (AvgIpc) is 2.00. The molecule has 0 saturated heterocycles. The first kappa shape index (κ1) is 19.9. The van der Waals surface area contributed by atoms with Gasteiger partial charge in [-0.05, 0) is 0 Å². The molecule has 0 amide bonds. The van der Waals surface area contributed by atoms with E-state index in [9.17, 15) is 35.1 Å². The van der Waals surface area contributed by atoms with E-state index >= 15 is 0 Å². The standard InChI is InChI=1S/C3HCl2F5.C2HCl2F3/c4-1(5)2(6,7)3(8,9)10;3-1(4)2(5,6)7/h1H;1H. The smallest absolute Gasteiger partial charge is 0.193 e. The summed E-state index contributed by atoms with van der Waals surface area (Å²) in [4.78, 5) is -5.01. The number of hydrogen-bond acceptors (Lipinski definition) is 0. The molecule has 0 nitrogen and oxygen atoms in total. The molecule has 0 aliphatic carbocycles. The summed E-state index contributed by atoms with van der Waals surface area (Å²) in [5.74, 6) is -5.03. The lowest BCUT2D eigenvalue weighted by atomic mass is 10.4. The lowest BCUT2D eigenvalue weighted by Gasteiger charge is -2.19. The van der Waals surface area contributed by atoms with Gasteiger partial charge in [0.05, 0.1) is 0 Å². The Hall–Kier alpha value is 0.600. The molecular weight excluding hydrogens is 354 g/mol. The summed E-state index contributed by atoms with van der Waals surface area (Å²) >= 11 is 17.5. The van der Waals surface area contributed by atoms with Crippen LogP contribution in [0.1, 0.15) is 0 Å². The third-order valence-corrected chi connectivity index (χ3v) is 1.94. The molecule has 0 fully saturated rings. The van der Waals surface area contributed by atoms with Crippen molar-refractivity contribution in [2.75, 3.05) is 0 Å². The van der Waals surface area contributed by atoms with Gasteiger partial charge in [-0.1, -0.05) is 46.4 Å². The van der Waals surface area contributed by atoms with Crippen molar-refractivity contribution in [1.82, 2.24) is 0 Å². The first-order valence-electron chi connectivity index (χ1n) is 3.21. The number of hydrogen-bond donors (Lipinski definition) is 0. The van der Waals surface area contributed by atoms with Gasteiger partial charge in [0.25, 0.3) is 0 Å². The molecule has 0 heterocycles. The summed E-state index contributed by atoms with van der Waals surface area (Å²) in [6.07, 6.45) is -10.1. The highest BCUT2D eigenvalue weighted by molar-refractivity contribution is 6.45. The van der Waals surface area contributed by atoms with Crippen LogP contribution in [0.2, 0.25) is 0 Å².